The number of imidazole rings is 1. The van der Waals surface area contributed by atoms with Crippen molar-refractivity contribution in [1.29, 1.82) is 0 Å². The standard InChI is InChI=1S/C18H13Cl2N5/c19-13-7-4-8-14(20)12(13)9-25-10-22-16(21)15-18(25)24-17(23-15)11-5-2-1-3-6-11/h1-8,10H,9,21H2. The van der Waals surface area contributed by atoms with E-state index in [2.05, 4.69) is 15.0 Å². The van der Waals surface area contributed by atoms with Gasteiger partial charge in [0.05, 0.1) is 12.9 Å². The molecule has 7 heteroatoms. The molecule has 0 unspecified atom stereocenters. The second-order valence-electron chi connectivity index (χ2n) is 5.54. The number of fused-ring (bicyclic) bond motifs is 1. The second kappa shape index (κ2) is 6.35. The van der Waals surface area contributed by atoms with Gasteiger partial charge in [0.25, 0.3) is 0 Å². The van der Waals surface area contributed by atoms with Gasteiger partial charge in [0.1, 0.15) is 0 Å². The van der Waals surface area contributed by atoms with Crippen LogP contribution in [-0.4, -0.2) is 19.5 Å². The molecule has 0 saturated carbocycles. The third-order valence-electron chi connectivity index (χ3n) is 3.91. The quantitative estimate of drug-likeness (QED) is 0.581. The molecule has 2 N–H and O–H groups in total. The van der Waals surface area contributed by atoms with Gasteiger partial charge in [-0.1, -0.05) is 59.6 Å². The molecule has 25 heavy (non-hydrogen) atoms. The van der Waals surface area contributed by atoms with E-state index in [0.717, 1.165) is 11.1 Å². The van der Waals surface area contributed by atoms with Crippen LogP contribution in [0.5, 0.6) is 0 Å². The normalized spacial score (nSPS) is 11.1. The van der Waals surface area contributed by atoms with Gasteiger partial charge in [-0.25, -0.2) is 15.0 Å². The monoisotopic (exact) mass is 369 g/mol. The molecule has 124 valence electrons. The Kier molecular flexibility index (Phi) is 4.03. The van der Waals surface area contributed by atoms with Crippen LogP contribution in [0.1, 0.15) is 5.56 Å². The summed E-state index contributed by atoms with van der Waals surface area (Å²) in [5.74, 6) is 1.59. The Morgan fingerprint density at radius 1 is 0.920 bits per heavy atom. The minimum absolute atomic E-state index is 0.339. The van der Waals surface area contributed by atoms with Crippen LogP contribution in [0.3, 0.4) is 0 Å². The number of nitrogens with zero attached hydrogens (tertiary/aromatic N) is 4. The van der Waals surface area contributed by atoms with E-state index in [1.807, 2.05) is 41.0 Å². The SMILES string of the molecule is Nc1ncn(Cc2c(Cl)cccc2Cl)c2nc(-c3ccccc3)nc1-2. The summed E-state index contributed by atoms with van der Waals surface area (Å²) in [4.78, 5) is 13.4. The van der Waals surface area contributed by atoms with Gasteiger partial charge in [0, 0.05) is 21.2 Å². The lowest BCUT2D eigenvalue weighted by Crippen LogP contribution is -2.09. The van der Waals surface area contributed by atoms with Gasteiger partial charge < -0.3 is 10.3 Å². The molecule has 0 aromatic heterocycles. The molecular formula is C18H13Cl2N5. The van der Waals surface area contributed by atoms with Crippen molar-refractivity contribution in [3.63, 3.8) is 0 Å². The van der Waals surface area contributed by atoms with Crippen molar-refractivity contribution in [2.75, 3.05) is 5.73 Å². The summed E-state index contributed by atoms with van der Waals surface area (Å²) < 4.78 is 1.85. The van der Waals surface area contributed by atoms with E-state index in [0.29, 0.717) is 39.8 Å². The Morgan fingerprint density at radius 3 is 2.36 bits per heavy atom. The van der Waals surface area contributed by atoms with Gasteiger partial charge in [0.15, 0.2) is 23.2 Å². The number of benzene rings is 2. The Hall–Kier alpha value is -2.63. The predicted molar refractivity (Wildman–Crippen MR) is 99.9 cm³/mol. The zero-order valence-corrected chi connectivity index (χ0v) is 14.5. The van der Waals surface area contributed by atoms with E-state index < -0.39 is 0 Å². The molecule has 0 radical (unpaired) electrons. The summed E-state index contributed by atoms with van der Waals surface area (Å²) in [6, 6.07) is 15.1. The molecule has 4 rings (SSSR count). The van der Waals surface area contributed by atoms with Crippen molar-refractivity contribution < 1.29 is 0 Å². The van der Waals surface area contributed by atoms with Crippen molar-refractivity contribution in [3.05, 3.63) is 70.5 Å². The smallest absolute Gasteiger partial charge is 0.166 e. The lowest BCUT2D eigenvalue weighted by molar-refractivity contribution is 0.763. The van der Waals surface area contributed by atoms with E-state index in [-0.39, 0.29) is 0 Å². The number of rotatable bonds is 3. The van der Waals surface area contributed by atoms with E-state index in [1.54, 1.807) is 18.5 Å². The molecule has 0 fully saturated rings. The number of aromatic nitrogens is 4. The maximum absolute atomic E-state index is 6.28. The first-order valence-corrected chi connectivity index (χ1v) is 8.36. The highest BCUT2D eigenvalue weighted by Gasteiger charge is 2.20. The largest absolute Gasteiger partial charge is 0.382 e. The fraction of sp³-hybridized carbons (Fsp3) is 0.0556. The number of anilines is 1. The average molecular weight is 370 g/mol. The zero-order chi connectivity index (χ0) is 17.4. The number of halogens is 2. The van der Waals surface area contributed by atoms with Crippen LogP contribution in [0.15, 0.2) is 54.9 Å². The first kappa shape index (κ1) is 15.9. The van der Waals surface area contributed by atoms with E-state index in [4.69, 9.17) is 28.9 Å². The van der Waals surface area contributed by atoms with E-state index in [9.17, 15) is 0 Å². The van der Waals surface area contributed by atoms with Gasteiger partial charge in [-0.2, -0.15) is 0 Å². The van der Waals surface area contributed by atoms with Crippen LogP contribution in [0.25, 0.3) is 22.9 Å². The highest BCUT2D eigenvalue weighted by molar-refractivity contribution is 6.35. The number of hydrogen-bond acceptors (Lipinski definition) is 4. The Balaban J connectivity index is 1.83. The van der Waals surface area contributed by atoms with Crippen LogP contribution in [0, 0.1) is 0 Å². The fourth-order valence-corrected chi connectivity index (χ4v) is 3.16. The van der Waals surface area contributed by atoms with Gasteiger partial charge in [-0.3, -0.25) is 0 Å². The number of nitrogens with two attached hydrogens (primary N) is 1. The lowest BCUT2D eigenvalue weighted by Gasteiger charge is -2.13. The second-order valence-corrected chi connectivity index (χ2v) is 6.36. The zero-order valence-electron chi connectivity index (χ0n) is 13.0. The highest BCUT2D eigenvalue weighted by atomic mass is 35.5. The van der Waals surface area contributed by atoms with Crippen LogP contribution in [0.2, 0.25) is 10.0 Å². The lowest BCUT2D eigenvalue weighted by atomic mass is 10.2. The first-order valence-electron chi connectivity index (χ1n) is 7.60. The van der Waals surface area contributed by atoms with Crippen LogP contribution in [0.4, 0.5) is 5.82 Å². The maximum Gasteiger partial charge on any atom is 0.166 e. The predicted octanol–water partition coefficient (Wildman–Crippen LogP) is 4.38. The Bertz CT molecular complexity index is 993. The van der Waals surface area contributed by atoms with Crippen molar-refractivity contribution in [2.24, 2.45) is 0 Å². The molecule has 0 aliphatic carbocycles. The molecule has 2 aromatic carbocycles. The molecule has 5 nitrogen and oxygen atoms in total. The molecular weight excluding hydrogens is 357 g/mol. The Morgan fingerprint density at radius 2 is 1.64 bits per heavy atom. The molecule has 0 atom stereocenters. The van der Waals surface area contributed by atoms with Crippen molar-refractivity contribution in [2.45, 2.75) is 6.54 Å². The average Bonchev–Trinajstić information content (AvgIpc) is 3.07. The van der Waals surface area contributed by atoms with Crippen LogP contribution in [-0.2, 0) is 6.54 Å². The van der Waals surface area contributed by atoms with E-state index in [1.165, 1.54) is 0 Å². The fourth-order valence-electron chi connectivity index (χ4n) is 2.64. The summed E-state index contributed by atoms with van der Waals surface area (Å²) in [5, 5.41) is 1.18. The van der Waals surface area contributed by atoms with Gasteiger partial charge in [0.2, 0.25) is 0 Å². The van der Waals surface area contributed by atoms with Crippen molar-refractivity contribution in [3.8, 4) is 22.9 Å². The molecule has 2 aliphatic rings. The first-order chi connectivity index (χ1) is 12.1. The van der Waals surface area contributed by atoms with Gasteiger partial charge in [-0.05, 0) is 12.1 Å². The third kappa shape index (κ3) is 2.92. The molecule has 2 aliphatic heterocycles. The molecule has 0 amide bonds. The number of nitrogen functional groups attached to an aromatic ring is 1. The minimum Gasteiger partial charge on any atom is -0.382 e. The number of hydrogen-bond donors (Lipinski definition) is 1. The summed E-state index contributed by atoms with van der Waals surface area (Å²) >= 11 is 12.6. The van der Waals surface area contributed by atoms with Crippen LogP contribution >= 0.6 is 23.2 Å². The summed E-state index contributed by atoms with van der Waals surface area (Å²) in [7, 11) is 0. The van der Waals surface area contributed by atoms with E-state index >= 15 is 0 Å². The van der Waals surface area contributed by atoms with Crippen LogP contribution < -0.4 is 5.73 Å². The topological polar surface area (TPSA) is 69.6 Å². The van der Waals surface area contributed by atoms with Gasteiger partial charge in [-0.15, -0.1) is 0 Å². The maximum atomic E-state index is 6.28. The van der Waals surface area contributed by atoms with Crippen molar-refractivity contribution >= 4 is 29.0 Å². The molecule has 0 bridgehead atoms. The summed E-state index contributed by atoms with van der Waals surface area (Å²) in [5.41, 5.74) is 8.27. The highest BCUT2D eigenvalue weighted by Crippen LogP contribution is 2.31. The molecule has 0 spiro atoms. The molecule has 0 saturated heterocycles. The summed E-state index contributed by atoms with van der Waals surface area (Å²) in [6.07, 6.45) is 1.63. The van der Waals surface area contributed by atoms with Crippen molar-refractivity contribution in [1.82, 2.24) is 19.5 Å². The summed E-state index contributed by atoms with van der Waals surface area (Å²) in [6.45, 7) is 0.426. The minimum atomic E-state index is 0.339. The molecule has 2 aromatic rings. The molecule has 2 heterocycles. The van der Waals surface area contributed by atoms with Gasteiger partial charge >= 0.3 is 0 Å². The Labute approximate surface area is 154 Å². The third-order valence-corrected chi connectivity index (χ3v) is 4.62.